The zero-order valence-corrected chi connectivity index (χ0v) is 11.6. The van der Waals surface area contributed by atoms with E-state index in [0.717, 1.165) is 12.1 Å². The van der Waals surface area contributed by atoms with Gasteiger partial charge in [0.05, 0.1) is 17.3 Å². The molecule has 0 bridgehead atoms. The van der Waals surface area contributed by atoms with Gasteiger partial charge < -0.3 is 5.73 Å². The second-order valence-corrected chi connectivity index (χ2v) is 5.91. The maximum absolute atomic E-state index is 6.24. The molecule has 0 saturated heterocycles. The molecule has 1 aromatic heterocycles. The van der Waals surface area contributed by atoms with Gasteiger partial charge in [0.25, 0.3) is 0 Å². The molecule has 6 heteroatoms. The Morgan fingerprint density at radius 3 is 2.89 bits per heavy atom. The first-order valence-electron chi connectivity index (χ1n) is 6.40. The van der Waals surface area contributed by atoms with E-state index in [1.165, 1.54) is 19.3 Å². The fraction of sp³-hybridized carbons (Fsp3) is 0.462. The molecular weight excluding hydrogens is 262 g/mol. The van der Waals surface area contributed by atoms with Crippen molar-refractivity contribution in [2.45, 2.75) is 32.7 Å². The average molecular weight is 278 g/mol. The van der Waals surface area contributed by atoms with Gasteiger partial charge in [-0.15, -0.1) is 5.10 Å². The molecule has 1 saturated carbocycles. The predicted octanol–water partition coefficient (Wildman–Crippen LogP) is 2.77. The van der Waals surface area contributed by atoms with Crippen LogP contribution in [-0.4, -0.2) is 20.2 Å². The average Bonchev–Trinajstić information content (AvgIpc) is 2.79. The van der Waals surface area contributed by atoms with Crippen molar-refractivity contribution in [1.29, 1.82) is 0 Å². The molecule has 0 unspecified atom stereocenters. The highest BCUT2D eigenvalue weighted by Gasteiger charge is 2.33. The van der Waals surface area contributed by atoms with Gasteiger partial charge in [-0.1, -0.05) is 31.0 Å². The molecule has 2 N–H and O–H groups in total. The van der Waals surface area contributed by atoms with Gasteiger partial charge in [0.2, 0.25) is 0 Å². The van der Waals surface area contributed by atoms with E-state index in [1.807, 2.05) is 16.8 Å². The molecule has 2 aromatic rings. The number of nitrogens with zero attached hydrogens (tertiary/aromatic N) is 4. The summed E-state index contributed by atoms with van der Waals surface area (Å²) in [6.45, 7) is 3.09. The summed E-state index contributed by atoms with van der Waals surface area (Å²) in [5.74, 6) is 0.686. The van der Waals surface area contributed by atoms with Crippen LogP contribution in [0.5, 0.6) is 0 Å². The number of benzene rings is 1. The first-order valence-corrected chi connectivity index (χ1v) is 6.77. The number of hydrogen-bond acceptors (Lipinski definition) is 4. The van der Waals surface area contributed by atoms with Gasteiger partial charge in [-0.3, -0.25) is 0 Å². The van der Waals surface area contributed by atoms with Crippen LogP contribution in [0.15, 0.2) is 18.2 Å². The van der Waals surface area contributed by atoms with Crippen molar-refractivity contribution < 1.29 is 0 Å². The zero-order chi connectivity index (χ0) is 13.5. The summed E-state index contributed by atoms with van der Waals surface area (Å²) in [6.07, 6.45) is 3.72. The van der Waals surface area contributed by atoms with E-state index in [4.69, 9.17) is 17.3 Å². The van der Waals surface area contributed by atoms with E-state index in [1.54, 1.807) is 6.07 Å². The van der Waals surface area contributed by atoms with Gasteiger partial charge in [-0.25, -0.2) is 4.68 Å². The van der Waals surface area contributed by atoms with Crippen LogP contribution in [0.4, 0.5) is 5.69 Å². The molecule has 1 fully saturated rings. The Labute approximate surface area is 116 Å². The molecular formula is C13H16ClN5. The van der Waals surface area contributed by atoms with Crippen LogP contribution in [0.2, 0.25) is 5.02 Å². The lowest BCUT2D eigenvalue weighted by Crippen LogP contribution is -2.31. The lowest BCUT2D eigenvalue weighted by Gasteiger charge is -2.38. The quantitative estimate of drug-likeness (QED) is 0.876. The summed E-state index contributed by atoms with van der Waals surface area (Å²) >= 11 is 6.24. The Morgan fingerprint density at radius 2 is 2.21 bits per heavy atom. The Kier molecular flexibility index (Phi) is 2.93. The van der Waals surface area contributed by atoms with Crippen LogP contribution in [0.3, 0.4) is 0 Å². The molecule has 0 atom stereocenters. The first kappa shape index (κ1) is 12.4. The molecule has 1 aliphatic rings. The van der Waals surface area contributed by atoms with E-state index in [0.29, 0.717) is 21.9 Å². The van der Waals surface area contributed by atoms with E-state index in [-0.39, 0.29) is 0 Å². The summed E-state index contributed by atoms with van der Waals surface area (Å²) in [7, 11) is 0. The van der Waals surface area contributed by atoms with Gasteiger partial charge in [-0.2, -0.15) is 0 Å². The number of tetrazole rings is 1. The van der Waals surface area contributed by atoms with Crippen molar-refractivity contribution in [3.63, 3.8) is 0 Å². The largest absolute Gasteiger partial charge is 0.398 e. The predicted molar refractivity (Wildman–Crippen MR) is 74.6 cm³/mol. The number of hydrogen-bond donors (Lipinski definition) is 1. The summed E-state index contributed by atoms with van der Waals surface area (Å²) in [6, 6.07) is 5.53. The molecule has 100 valence electrons. The molecule has 3 rings (SSSR count). The minimum atomic E-state index is 0.303. The van der Waals surface area contributed by atoms with E-state index >= 15 is 0 Å². The van der Waals surface area contributed by atoms with Crippen molar-refractivity contribution in [3.05, 3.63) is 23.2 Å². The third kappa shape index (κ3) is 2.18. The molecule has 1 aromatic carbocycles. The van der Waals surface area contributed by atoms with Crippen molar-refractivity contribution in [1.82, 2.24) is 20.2 Å². The minimum absolute atomic E-state index is 0.303. The molecule has 0 radical (unpaired) electrons. The summed E-state index contributed by atoms with van der Waals surface area (Å²) in [5.41, 5.74) is 7.47. The second kappa shape index (κ2) is 4.49. The highest BCUT2D eigenvalue weighted by atomic mass is 35.5. The highest BCUT2D eigenvalue weighted by Crippen LogP contribution is 2.42. The van der Waals surface area contributed by atoms with Gasteiger partial charge in [0.15, 0.2) is 5.82 Å². The third-order valence-corrected chi connectivity index (χ3v) is 4.32. The molecule has 0 aliphatic heterocycles. The van der Waals surface area contributed by atoms with Crippen LogP contribution >= 0.6 is 11.6 Å². The summed E-state index contributed by atoms with van der Waals surface area (Å²) in [4.78, 5) is 0. The number of nitrogen functional groups attached to an aromatic ring is 1. The Hall–Kier alpha value is -1.62. The third-order valence-electron chi connectivity index (χ3n) is 3.89. The second-order valence-electron chi connectivity index (χ2n) is 5.53. The lowest BCUT2D eigenvalue weighted by atomic mass is 9.70. The van der Waals surface area contributed by atoms with Crippen molar-refractivity contribution in [2.75, 3.05) is 5.73 Å². The molecule has 0 amide bonds. The molecule has 19 heavy (non-hydrogen) atoms. The van der Waals surface area contributed by atoms with Gasteiger partial charge in [0, 0.05) is 5.56 Å². The number of rotatable bonds is 3. The van der Waals surface area contributed by atoms with Crippen molar-refractivity contribution in [2.24, 2.45) is 5.41 Å². The van der Waals surface area contributed by atoms with Crippen molar-refractivity contribution in [3.8, 4) is 11.4 Å². The molecule has 0 spiro atoms. The SMILES string of the molecule is CC1(Cn2nnnc2-c2cccc(N)c2Cl)CCC1. The number of anilines is 1. The fourth-order valence-electron chi connectivity index (χ4n) is 2.53. The maximum atomic E-state index is 6.24. The van der Waals surface area contributed by atoms with Crippen LogP contribution in [0.25, 0.3) is 11.4 Å². The smallest absolute Gasteiger partial charge is 0.183 e. The number of halogens is 1. The molecule has 5 nitrogen and oxygen atoms in total. The van der Waals surface area contributed by atoms with E-state index in [9.17, 15) is 0 Å². The Morgan fingerprint density at radius 1 is 1.42 bits per heavy atom. The first-order chi connectivity index (χ1) is 9.09. The molecule has 1 heterocycles. The molecule has 1 aliphatic carbocycles. The van der Waals surface area contributed by atoms with E-state index in [2.05, 4.69) is 22.4 Å². The summed E-state index contributed by atoms with van der Waals surface area (Å²) < 4.78 is 1.83. The standard InChI is InChI=1S/C13H16ClN5/c1-13(6-3-7-13)8-19-12(16-17-18-19)9-4-2-5-10(15)11(9)14/h2,4-5H,3,6-8,15H2,1H3. The fourth-order valence-corrected chi connectivity index (χ4v) is 2.74. The van der Waals surface area contributed by atoms with Gasteiger partial charge >= 0.3 is 0 Å². The van der Waals surface area contributed by atoms with Gasteiger partial charge in [0.1, 0.15) is 0 Å². The van der Waals surface area contributed by atoms with E-state index < -0.39 is 0 Å². The van der Waals surface area contributed by atoms with Gasteiger partial charge in [-0.05, 0) is 40.8 Å². The van der Waals surface area contributed by atoms with Crippen LogP contribution in [0, 0.1) is 5.41 Å². The van der Waals surface area contributed by atoms with Crippen molar-refractivity contribution >= 4 is 17.3 Å². The maximum Gasteiger partial charge on any atom is 0.183 e. The highest BCUT2D eigenvalue weighted by molar-refractivity contribution is 6.35. The Bertz CT molecular complexity index is 603. The van der Waals surface area contributed by atoms with Crippen LogP contribution < -0.4 is 5.73 Å². The number of nitrogens with two attached hydrogens (primary N) is 1. The lowest BCUT2D eigenvalue weighted by molar-refractivity contribution is 0.126. The topological polar surface area (TPSA) is 69.6 Å². The zero-order valence-electron chi connectivity index (χ0n) is 10.8. The minimum Gasteiger partial charge on any atom is -0.398 e. The van der Waals surface area contributed by atoms with Crippen LogP contribution in [-0.2, 0) is 6.54 Å². The monoisotopic (exact) mass is 277 g/mol. The Balaban J connectivity index is 1.97. The van der Waals surface area contributed by atoms with Crippen LogP contribution in [0.1, 0.15) is 26.2 Å². The number of aromatic nitrogens is 4. The normalized spacial score (nSPS) is 17.2. The summed E-state index contributed by atoms with van der Waals surface area (Å²) in [5, 5.41) is 12.5.